The normalized spacial score (nSPS) is 24.7. The van der Waals surface area contributed by atoms with Crippen molar-refractivity contribution in [1.29, 1.82) is 0 Å². The minimum absolute atomic E-state index is 0.0323. The molecule has 1 unspecified atom stereocenters. The van der Waals surface area contributed by atoms with E-state index in [0.717, 1.165) is 5.56 Å². The summed E-state index contributed by atoms with van der Waals surface area (Å²) in [6.07, 6.45) is 0.191. The molecule has 1 atom stereocenters. The molecule has 98 valence electrons. The number of hydrogen-bond donors (Lipinski definition) is 1. The summed E-state index contributed by atoms with van der Waals surface area (Å²) in [7, 11) is -3.28. The molecule has 0 aliphatic carbocycles. The second-order valence-corrected chi connectivity index (χ2v) is 6.87. The summed E-state index contributed by atoms with van der Waals surface area (Å²) in [6, 6.07) is 15.9. The molecule has 1 N–H and O–H groups in total. The number of rotatable bonds is 1. The van der Waals surface area contributed by atoms with Crippen molar-refractivity contribution in [2.24, 2.45) is 0 Å². The average molecular weight is 274 g/mol. The van der Waals surface area contributed by atoms with Crippen LogP contribution in [0, 0.1) is 0 Å². The van der Waals surface area contributed by atoms with Crippen LogP contribution in [0.4, 0.5) is 0 Å². The van der Waals surface area contributed by atoms with Crippen LogP contribution in [0.1, 0.15) is 17.5 Å². The summed E-state index contributed by atoms with van der Waals surface area (Å²) in [5.41, 5.74) is -0.00630. The molecule has 1 aliphatic heterocycles. The van der Waals surface area contributed by atoms with E-state index in [1.165, 1.54) is 0 Å². The average Bonchev–Trinajstić information content (AvgIpc) is 2.45. The van der Waals surface area contributed by atoms with Crippen molar-refractivity contribution in [1.82, 2.24) is 0 Å². The largest absolute Gasteiger partial charge is 0.380 e. The molecule has 4 heteroatoms. The predicted molar refractivity (Wildman–Crippen MR) is 72.6 cm³/mol. The monoisotopic (exact) mass is 274 g/mol. The second kappa shape index (κ2) is 4.18. The van der Waals surface area contributed by atoms with E-state index in [1.807, 2.05) is 30.3 Å². The van der Waals surface area contributed by atoms with Gasteiger partial charge in [0.05, 0.1) is 10.6 Å². The number of fused-ring (bicyclic) bond motifs is 1. The first kappa shape index (κ1) is 12.4. The lowest BCUT2D eigenvalue weighted by molar-refractivity contribution is 0.0718. The summed E-state index contributed by atoms with van der Waals surface area (Å²) < 4.78 is 24.2. The van der Waals surface area contributed by atoms with E-state index in [-0.39, 0.29) is 17.1 Å². The highest BCUT2D eigenvalue weighted by Crippen LogP contribution is 2.41. The Labute approximate surface area is 112 Å². The fourth-order valence-electron chi connectivity index (χ4n) is 2.62. The van der Waals surface area contributed by atoms with Crippen molar-refractivity contribution in [2.45, 2.75) is 16.9 Å². The Balaban J connectivity index is 2.26. The molecule has 2 aromatic rings. The molecule has 3 nitrogen and oxygen atoms in total. The summed E-state index contributed by atoms with van der Waals surface area (Å²) in [4.78, 5) is 0.243. The first-order valence-corrected chi connectivity index (χ1v) is 7.79. The van der Waals surface area contributed by atoms with Crippen LogP contribution < -0.4 is 0 Å². The van der Waals surface area contributed by atoms with E-state index in [9.17, 15) is 13.5 Å². The van der Waals surface area contributed by atoms with E-state index < -0.39 is 15.4 Å². The lowest BCUT2D eigenvalue weighted by Gasteiger charge is -2.34. The van der Waals surface area contributed by atoms with Gasteiger partial charge in [-0.05, 0) is 18.1 Å². The smallest absolute Gasteiger partial charge is 0.178 e. The van der Waals surface area contributed by atoms with E-state index in [4.69, 9.17) is 0 Å². The molecule has 0 saturated carbocycles. The highest BCUT2D eigenvalue weighted by Gasteiger charge is 2.41. The maximum absolute atomic E-state index is 12.1. The van der Waals surface area contributed by atoms with Crippen molar-refractivity contribution in [3.05, 3.63) is 65.7 Å². The van der Waals surface area contributed by atoms with Gasteiger partial charge in [-0.1, -0.05) is 48.5 Å². The van der Waals surface area contributed by atoms with Crippen LogP contribution in [-0.2, 0) is 15.4 Å². The van der Waals surface area contributed by atoms with Gasteiger partial charge in [0.1, 0.15) is 5.60 Å². The SMILES string of the molecule is O=S1(=O)CCC(O)(c2ccccc2)c2ccccc21. The summed E-state index contributed by atoms with van der Waals surface area (Å²) >= 11 is 0. The fourth-order valence-corrected chi connectivity index (χ4v) is 4.26. The van der Waals surface area contributed by atoms with Crippen LogP contribution in [0.3, 0.4) is 0 Å². The van der Waals surface area contributed by atoms with Crippen molar-refractivity contribution in [2.75, 3.05) is 5.75 Å². The maximum atomic E-state index is 12.1. The van der Waals surface area contributed by atoms with Crippen molar-refractivity contribution in [3.8, 4) is 0 Å². The molecule has 2 aromatic carbocycles. The fraction of sp³-hybridized carbons (Fsp3) is 0.200. The molecule has 0 spiro atoms. The summed E-state index contributed by atoms with van der Waals surface area (Å²) in [5.74, 6) is -0.0323. The van der Waals surface area contributed by atoms with Crippen LogP contribution in [0.2, 0.25) is 0 Å². The minimum atomic E-state index is -3.28. The lowest BCUT2D eigenvalue weighted by atomic mass is 9.84. The van der Waals surface area contributed by atoms with Crippen LogP contribution in [0.25, 0.3) is 0 Å². The van der Waals surface area contributed by atoms with Crippen molar-refractivity contribution < 1.29 is 13.5 Å². The molecular weight excluding hydrogens is 260 g/mol. The van der Waals surface area contributed by atoms with Crippen LogP contribution in [0.5, 0.6) is 0 Å². The summed E-state index contributed by atoms with van der Waals surface area (Å²) in [6.45, 7) is 0. The van der Waals surface area contributed by atoms with Gasteiger partial charge >= 0.3 is 0 Å². The van der Waals surface area contributed by atoms with Gasteiger partial charge in [-0.2, -0.15) is 0 Å². The number of aliphatic hydroxyl groups is 1. The van der Waals surface area contributed by atoms with Crippen molar-refractivity contribution >= 4 is 9.84 Å². The van der Waals surface area contributed by atoms with E-state index >= 15 is 0 Å². The Morgan fingerprint density at radius 1 is 0.947 bits per heavy atom. The zero-order chi connectivity index (χ0) is 13.5. The lowest BCUT2D eigenvalue weighted by Crippen LogP contribution is -2.36. The molecule has 19 heavy (non-hydrogen) atoms. The molecular formula is C15H14O3S. The van der Waals surface area contributed by atoms with Crippen molar-refractivity contribution in [3.63, 3.8) is 0 Å². The highest BCUT2D eigenvalue weighted by atomic mass is 32.2. The first-order chi connectivity index (χ1) is 9.04. The molecule has 1 heterocycles. The van der Waals surface area contributed by atoms with Crippen LogP contribution >= 0.6 is 0 Å². The quantitative estimate of drug-likeness (QED) is 0.866. The Kier molecular flexibility index (Phi) is 2.73. The minimum Gasteiger partial charge on any atom is -0.380 e. The molecule has 0 amide bonds. The van der Waals surface area contributed by atoms with Gasteiger partial charge < -0.3 is 5.11 Å². The highest BCUT2D eigenvalue weighted by molar-refractivity contribution is 7.91. The van der Waals surface area contributed by atoms with E-state index in [1.54, 1.807) is 24.3 Å². The van der Waals surface area contributed by atoms with Gasteiger partial charge in [0.2, 0.25) is 0 Å². The summed E-state index contributed by atoms with van der Waals surface area (Å²) in [5, 5.41) is 11.0. The Bertz CT molecular complexity index is 707. The van der Waals surface area contributed by atoms with Gasteiger partial charge in [0.25, 0.3) is 0 Å². The molecule has 0 aromatic heterocycles. The molecule has 3 rings (SSSR count). The Hall–Kier alpha value is -1.65. The topological polar surface area (TPSA) is 54.4 Å². The van der Waals surface area contributed by atoms with E-state index in [0.29, 0.717) is 5.56 Å². The maximum Gasteiger partial charge on any atom is 0.178 e. The Morgan fingerprint density at radius 2 is 1.58 bits per heavy atom. The third-order valence-corrected chi connectivity index (χ3v) is 5.42. The Morgan fingerprint density at radius 3 is 2.32 bits per heavy atom. The van der Waals surface area contributed by atoms with Gasteiger partial charge in [0, 0.05) is 5.56 Å². The third kappa shape index (κ3) is 1.88. The molecule has 1 aliphatic rings. The van der Waals surface area contributed by atoms with Gasteiger partial charge in [-0.3, -0.25) is 0 Å². The second-order valence-electron chi connectivity index (χ2n) is 4.79. The molecule has 0 saturated heterocycles. The zero-order valence-electron chi connectivity index (χ0n) is 10.3. The first-order valence-electron chi connectivity index (χ1n) is 6.14. The number of benzene rings is 2. The third-order valence-electron chi connectivity index (χ3n) is 3.65. The van der Waals surface area contributed by atoms with Gasteiger partial charge in [0.15, 0.2) is 9.84 Å². The zero-order valence-corrected chi connectivity index (χ0v) is 11.1. The predicted octanol–water partition coefficient (Wildman–Crippen LogP) is 2.10. The van der Waals surface area contributed by atoms with Crippen LogP contribution in [-0.4, -0.2) is 19.3 Å². The molecule has 0 fully saturated rings. The van der Waals surface area contributed by atoms with Crippen LogP contribution in [0.15, 0.2) is 59.5 Å². The molecule has 0 radical (unpaired) electrons. The van der Waals surface area contributed by atoms with Gasteiger partial charge in [-0.25, -0.2) is 8.42 Å². The number of hydrogen-bond acceptors (Lipinski definition) is 3. The van der Waals surface area contributed by atoms with E-state index in [2.05, 4.69) is 0 Å². The number of sulfone groups is 1. The standard InChI is InChI=1S/C15H14O3S/c16-15(12-6-2-1-3-7-12)10-11-19(17,18)14-9-5-4-8-13(14)15/h1-9,16H,10-11H2. The molecule has 0 bridgehead atoms. The van der Waals surface area contributed by atoms with Gasteiger partial charge in [-0.15, -0.1) is 0 Å².